The maximum absolute atomic E-state index is 10.3. The average molecular weight is 249 g/mol. The first-order chi connectivity index (χ1) is 7.72. The SMILES string of the molecule is CN(C)C.CNC(=O)N(C)C.CNC(=O)NC. The smallest absolute Gasteiger partial charge is 0.316 e. The quantitative estimate of drug-likeness (QED) is 0.547. The van der Waals surface area contributed by atoms with E-state index in [1.807, 2.05) is 26.0 Å². The molecule has 3 N–H and O–H groups in total. The maximum atomic E-state index is 10.3. The molecule has 0 saturated heterocycles. The number of nitrogens with one attached hydrogen (secondary N) is 3. The molecule has 0 atom stereocenters. The summed E-state index contributed by atoms with van der Waals surface area (Å²) < 4.78 is 0. The molecule has 0 aliphatic carbocycles. The van der Waals surface area contributed by atoms with Crippen LogP contribution in [0, 0.1) is 0 Å². The molecule has 0 spiro atoms. The van der Waals surface area contributed by atoms with Crippen LogP contribution in [0.25, 0.3) is 0 Å². The molecular weight excluding hydrogens is 222 g/mol. The van der Waals surface area contributed by atoms with Gasteiger partial charge < -0.3 is 25.8 Å². The zero-order valence-corrected chi connectivity index (χ0v) is 12.2. The number of carbonyl (C=O) groups is 2. The standard InChI is InChI=1S/C4H10N2O.C3H8N2O.C3H9N/c1-5-4(7)6(2)3;1-4-3(6)5-2;1-4(2)3/h1-3H3,(H,5,7);1-2H3,(H2,4,5,6);1-3H3. The third-order valence-corrected chi connectivity index (χ3v) is 1.07. The van der Waals surface area contributed by atoms with E-state index in [4.69, 9.17) is 0 Å². The van der Waals surface area contributed by atoms with Gasteiger partial charge in [0.15, 0.2) is 0 Å². The Morgan fingerprint density at radius 3 is 1.06 bits per heavy atom. The van der Waals surface area contributed by atoms with E-state index in [1.165, 1.54) is 4.90 Å². The molecule has 0 aromatic rings. The Kier molecular flexibility index (Phi) is 17.8. The molecule has 104 valence electrons. The van der Waals surface area contributed by atoms with E-state index in [0.717, 1.165) is 0 Å². The van der Waals surface area contributed by atoms with Crippen LogP contribution < -0.4 is 16.0 Å². The minimum Gasteiger partial charge on any atom is -0.341 e. The summed E-state index contributed by atoms with van der Waals surface area (Å²) in [5.74, 6) is 0. The first-order valence-corrected chi connectivity index (χ1v) is 5.12. The summed E-state index contributed by atoms with van der Waals surface area (Å²) in [6.07, 6.45) is 0. The second kappa shape index (κ2) is 14.5. The van der Waals surface area contributed by atoms with Gasteiger partial charge in [0.1, 0.15) is 0 Å². The van der Waals surface area contributed by atoms with Gasteiger partial charge in [0.05, 0.1) is 0 Å². The summed E-state index contributed by atoms with van der Waals surface area (Å²) in [5.41, 5.74) is 0. The molecule has 17 heavy (non-hydrogen) atoms. The van der Waals surface area contributed by atoms with Crippen molar-refractivity contribution in [2.75, 3.05) is 56.4 Å². The van der Waals surface area contributed by atoms with Crippen LogP contribution in [0.5, 0.6) is 0 Å². The molecule has 0 unspecified atom stereocenters. The Labute approximate surface area is 105 Å². The summed E-state index contributed by atoms with van der Waals surface area (Å²) in [7, 11) is 14.1. The van der Waals surface area contributed by atoms with Gasteiger partial charge in [-0.15, -0.1) is 0 Å². The minimum absolute atomic E-state index is 0.0694. The third kappa shape index (κ3) is 31.4. The van der Waals surface area contributed by atoms with E-state index in [1.54, 1.807) is 35.2 Å². The average Bonchev–Trinajstić information content (AvgIpc) is 2.26. The lowest BCUT2D eigenvalue weighted by molar-refractivity contribution is 0.219. The van der Waals surface area contributed by atoms with Gasteiger partial charge in [0.25, 0.3) is 0 Å². The zero-order chi connectivity index (χ0) is 14.4. The number of hydrogen-bond acceptors (Lipinski definition) is 3. The van der Waals surface area contributed by atoms with E-state index in [9.17, 15) is 9.59 Å². The second-order valence-electron chi connectivity index (χ2n) is 3.62. The topological polar surface area (TPSA) is 76.7 Å². The molecule has 0 aliphatic rings. The largest absolute Gasteiger partial charge is 0.341 e. The van der Waals surface area contributed by atoms with Crippen molar-refractivity contribution in [2.24, 2.45) is 0 Å². The van der Waals surface area contributed by atoms with E-state index in [-0.39, 0.29) is 12.1 Å². The highest BCUT2D eigenvalue weighted by Crippen LogP contribution is 1.70. The van der Waals surface area contributed by atoms with Gasteiger partial charge in [-0.1, -0.05) is 0 Å². The van der Waals surface area contributed by atoms with Crippen molar-refractivity contribution in [3.63, 3.8) is 0 Å². The Morgan fingerprint density at radius 1 is 0.765 bits per heavy atom. The summed E-state index contributed by atoms with van der Waals surface area (Å²) in [6.45, 7) is 0. The van der Waals surface area contributed by atoms with Gasteiger partial charge in [0.2, 0.25) is 0 Å². The molecule has 7 nitrogen and oxygen atoms in total. The number of carbonyl (C=O) groups excluding carboxylic acids is 2. The summed E-state index contributed by atoms with van der Waals surface area (Å²) >= 11 is 0. The number of amides is 4. The van der Waals surface area contributed by atoms with Gasteiger partial charge in [-0.2, -0.15) is 0 Å². The van der Waals surface area contributed by atoms with Crippen molar-refractivity contribution >= 4 is 12.1 Å². The lowest BCUT2D eigenvalue weighted by atomic mass is 10.8. The predicted octanol–water partition coefficient (Wildman–Crippen LogP) is -0.390. The van der Waals surface area contributed by atoms with Crippen molar-refractivity contribution in [2.45, 2.75) is 0 Å². The lowest BCUT2D eigenvalue weighted by Crippen LogP contribution is -2.31. The van der Waals surface area contributed by atoms with E-state index < -0.39 is 0 Å². The van der Waals surface area contributed by atoms with Crippen molar-refractivity contribution in [3.05, 3.63) is 0 Å². The van der Waals surface area contributed by atoms with Crippen LogP contribution in [0.15, 0.2) is 0 Å². The van der Waals surface area contributed by atoms with Crippen LogP contribution in [-0.4, -0.2) is 78.2 Å². The van der Waals surface area contributed by atoms with Crippen molar-refractivity contribution in [1.82, 2.24) is 25.8 Å². The monoisotopic (exact) mass is 249 g/mol. The Hall–Kier alpha value is -1.50. The highest BCUT2D eigenvalue weighted by Gasteiger charge is 1.94. The minimum atomic E-state index is -0.157. The number of hydrogen-bond donors (Lipinski definition) is 3. The molecule has 0 aromatic carbocycles. The molecule has 0 radical (unpaired) electrons. The molecule has 0 aliphatic heterocycles. The fourth-order valence-electron chi connectivity index (χ4n) is 0.349. The van der Waals surface area contributed by atoms with Crippen LogP contribution in [0.3, 0.4) is 0 Å². The molecule has 4 amide bonds. The fraction of sp³-hybridized carbons (Fsp3) is 0.800. The maximum Gasteiger partial charge on any atom is 0.316 e. The van der Waals surface area contributed by atoms with Crippen LogP contribution >= 0.6 is 0 Å². The molecule has 0 heterocycles. The molecule has 0 saturated carbocycles. The molecular formula is C10H27N5O2. The summed E-state index contributed by atoms with van der Waals surface area (Å²) in [5, 5.41) is 7.18. The summed E-state index contributed by atoms with van der Waals surface area (Å²) in [4.78, 5) is 23.8. The van der Waals surface area contributed by atoms with Crippen molar-refractivity contribution < 1.29 is 9.59 Å². The molecule has 7 heteroatoms. The van der Waals surface area contributed by atoms with E-state index in [2.05, 4.69) is 16.0 Å². The highest BCUT2D eigenvalue weighted by molar-refractivity contribution is 5.73. The van der Waals surface area contributed by atoms with Crippen molar-refractivity contribution in [1.29, 1.82) is 0 Å². The highest BCUT2D eigenvalue weighted by atomic mass is 16.2. The second-order valence-corrected chi connectivity index (χ2v) is 3.62. The van der Waals surface area contributed by atoms with E-state index >= 15 is 0 Å². The van der Waals surface area contributed by atoms with Crippen LogP contribution in [-0.2, 0) is 0 Å². The number of rotatable bonds is 0. The number of urea groups is 2. The van der Waals surface area contributed by atoms with Gasteiger partial charge in [-0.05, 0) is 21.1 Å². The zero-order valence-electron chi connectivity index (χ0n) is 12.2. The van der Waals surface area contributed by atoms with E-state index in [0.29, 0.717) is 0 Å². The lowest BCUT2D eigenvalue weighted by Gasteiger charge is -2.06. The molecule has 0 aromatic heterocycles. The third-order valence-electron chi connectivity index (χ3n) is 1.07. The summed E-state index contributed by atoms with van der Waals surface area (Å²) in [6, 6.07) is -0.227. The van der Waals surface area contributed by atoms with Gasteiger partial charge >= 0.3 is 12.1 Å². The molecule has 0 rings (SSSR count). The number of nitrogens with zero attached hydrogens (tertiary/aromatic N) is 2. The van der Waals surface area contributed by atoms with Gasteiger partial charge in [-0.3, -0.25) is 0 Å². The predicted molar refractivity (Wildman–Crippen MR) is 71.3 cm³/mol. The molecule has 0 bridgehead atoms. The Morgan fingerprint density at radius 2 is 1.06 bits per heavy atom. The van der Waals surface area contributed by atoms with Crippen LogP contribution in [0.4, 0.5) is 9.59 Å². The normalized spacial score (nSPS) is 7.82. The van der Waals surface area contributed by atoms with Crippen molar-refractivity contribution in [3.8, 4) is 0 Å². The van der Waals surface area contributed by atoms with Gasteiger partial charge in [0, 0.05) is 35.2 Å². The fourth-order valence-corrected chi connectivity index (χ4v) is 0.349. The molecule has 0 fully saturated rings. The Bertz CT molecular complexity index is 186. The first kappa shape index (κ1) is 20.9. The first-order valence-electron chi connectivity index (χ1n) is 5.12. The van der Waals surface area contributed by atoms with Gasteiger partial charge in [-0.25, -0.2) is 9.59 Å². The van der Waals surface area contributed by atoms with Crippen LogP contribution in [0.1, 0.15) is 0 Å². The van der Waals surface area contributed by atoms with Crippen LogP contribution in [0.2, 0.25) is 0 Å². The Balaban J connectivity index is -0.000000180.